The monoisotopic (exact) mass is 175 g/mol. The van der Waals surface area contributed by atoms with Gasteiger partial charge in [-0.15, -0.1) is 0 Å². The van der Waals surface area contributed by atoms with Crippen molar-refractivity contribution in [2.45, 2.75) is 20.4 Å². The molecule has 2 heterocycles. The Balaban J connectivity index is 2.46. The van der Waals surface area contributed by atoms with Crippen molar-refractivity contribution < 1.29 is 0 Å². The van der Waals surface area contributed by atoms with Gasteiger partial charge in [-0.05, 0) is 12.0 Å². The highest BCUT2D eigenvalue weighted by Crippen LogP contribution is 2.12. The lowest BCUT2D eigenvalue weighted by Crippen LogP contribution is -2.03. The Morgan fingerprint density at radius 3 is 3.08 bits per heavy atom. The molecule has 13 heavy (non-hydrogen) atoms. The molecule has 0 aliphatic carbocycles. The summed E-state index contributed by atoms with van der Waals surface area (Å²) in [7, 11) is 0. The van der Waals surface area contributed by atoms with E-state index in [2.05, 4.69) is 40.6 Å². The van der Waals surface area contributed by atoms with E-state index in [1.54, 1.807) is 6.33 Å². The lowest BCUT2D eigenvalue weighted by Gasteiger charge is -2.06. The average Bonchev–Trinajstić information content (AvgIpc) is 2.48. The van der Waals surface area contributed by atoms with E-state index >= 15 is 0 Å². The quantitative estimate of drug-likeness (QED) is 0.699. The molecule has 0 fully saturated rings. The molecule has 0 spiro atoms. The Labute approximate surface area is 77.4 Å². The summed E-state index contributed by atoms with van der Waals surface area (Å²) in [6.45, 7) is 5.42. The van der Waals surface area contributed by atoms with E-state index in [4.69, 9.17) is 0 Å². The third-order valence-corrected chi connectivity index (χ3v) is 1.99. The molecule has 3 nitrogen and oxygen atoms in total. The molecular weight excluding hydrogens is 162 g/mol. The number of hydrogen-bond acceptors (Lipinski definition) is 2. The summed E-state index contributed by atoms with van der Waals surface area (Å²) in [4.78, 5) is 8.23. The summed E-state index contributed by atoms with van der Waals surface area (Å²) in [6, 6.07) is 2.05. The van der Waals surface area contributed by atoms with Gasteiger partial charge in [-0.1, -0.05) is 13.8 Å². The molecule has 0 aliphatic rings. The molecule has 0 unspecified atom stereocenters. The Bertz CT molecular complexity index is 403. The van der Waals surface area contributed by atoms with Gasteiger partial charge in [-0.3, -0.25) is 0 Å². The van der Waals surface area contributed by atoms with Crippen molar-refractivity contribution in [2.24, 2.45) is 5.92 Å². The van der Waals surface area contributed by atoms with Crippen molar-refractivity contribution in [3.05, 3.63) is 24.8 Å². The summed E-state index contributed by atoms with van der Waals surface area (Å²) in [5.74, 6) is 0.644. The van der Waals surface area contributed by atoms with E-state index in [9.17, 15) is 0 Å². The molecule has 0 aromatic carbocycles. The number of aromatic nitrogens is 3. The van der Waals surface area contributed by atoms with Gasteiger partial charge in [0.2, 0.25) is 0 Å². The van der Waals surface area contributed by atoms with Gasteiger partial charge >= 0.3 is 0 Å². The fourth-order valence-electron chi connectivity index (χ4n) is 1.47. The smallest absolute Gasteiger partial charge is 0.143 e. The van der Waals surface area contributed by atoms with Gasteiger partial charge in [0.25, 0.3) is 0 Å². The van der Waals surface area contributed by atoms with Gasteiger partial charge < -0.3 is 4.57 Å². The highest BCUT2D eigenvalue weighted by Gasteiger charge is 2.02. The lowest BCUT2D eigenvalue weighted by atomic mass is 10.2. The first-order chi connectivity index (χ1) is 6.27. The number of fused-ring (bicyclic) bond motifs is 1. The SMILES string of the molecule is CC(C)Cn1ccc2cncnc21. The zero-order chi connectivity index (χ0) is 9.26. The predicted molar refractivity (Wildman–Crippen MR) is 52.4 cm³/mol. The second-order valence-electron chi connectivity index (χ2n) is 3.66. The fraction of sp³-hybridized carbons (Fsp3) is 0.400. The Morgan fingerprint density at radius 2 is 2.31 bits per heavy atom. The van der Waals surface area contributed by atoms with Gasteiger partial charge in [0.15, 0.2) is 0 Å². The zero-order valence-corrected chi connectivity index (χ0v) is 7.94. The van der Waals surface area contributed by atoms with Crippen LogP contribution in [-0.2, 0) is 6.54 Å². The van der Waals surface area contributed by atoms with E-state index in [-0.39, 0.29) is 0 Å². The average molecular weight is 175 g/mol. The Kier molecular flexibility index (Phi) is 2.00. The number of nitrogens with zero attached hydrogens (tertiary/aromatic N) is 3. The highest BCUT2D eigenvalue weighted by atomic mass is 15.0. The zero-order valence-electron chi connectivity index (χ0n) is 7.94. The van der Waals surface area contributed by atoms with Crippen molar-refractivity contribution in [3.8, 4) is 0 Å². The molecule has 2 rings (SSSR count). The highest BCUT2D eigenvalue weighted by molar-refractivity contribution is 5.74. The van der Waals surface area contributed by atoms with E-state index in [0.29, 0.717) is 5.92 Å². The predicted octanol–water partition coefficient (Wildman–Crippen LogP) is 2.09. The molecule has 0 saturated carbocycles. The molecular formula is C10H13N3. The second kappa shape index (κ2) is 3.17. The van der Waals surface area contributed by atoms with Crippen LogP contribution >= 0.6 is 0 Å². The molecule has 0 atom stereocenters. The number of hydrogen-bond donors (Lipinski definition) is 0. The van der Waals surface area contributed by atoms with Crippen molar-refractivity contribution >= 4 is 11.0 Å². The van der Waals surface area contributed by atoms with Crippen LogP contribution in [0.2, 0.25) is 0 Å². The molecule has 0 aliphatic heterocycles. The summed E-state index contributed by atoms with van der Waals surface area (Å²) in [5.41, 5.74) is 1.03. The largest absolute Gasteiger partial charge is 0.332 e. The molecule has 0 bridgehead atoms. The molecule has 0 amide bonds. The topological polar surface area (TPSA) is 30.7 Å². The maximum absolute atomic E-state index is 4.25. The van der Waals surface area contributed by atoms with E-state index in [1.807, 2.05) is 6.20 Å². The maximum Gasteiger partial charge on any atom is 0.143 e. The Morgan fingerprint density at radius 1 is 1.46 bits per heavy atom. The molecule has 0 N–H and O–H groups in total. The molecule has 68 valence electrons. The van der Waals surface area contributed by atoms with Crippen LogP contribution in [0, 0.1) is 5.92 Å². The standard InChI is InChI=1S/C10H13N3/c1-8(2)6-13-4-3-9-5-11-7-12-10(9)13/h3-5,7-8H,6H2,1-2H3. The van der Waals surface area contributed by atoms with E-state index in [0.717, 1.165) is 17.6 Å². The van der Waals surface area contributed by atoms with E-state index < -0.39 is 0 Å². The van der Waals surface area contributed by atoms with Crippen molar-refractivity contribution in [1.82, 2.24) is 14.5 Å². The molecule has 3 heteroatoms. The summed E-state index contributed by atoms with van der Waals surface area (Å²) >= 11 is 0. The lowest BCUT2D eigenvalue weighted by molar-refractivity contribution is 0.533. The summed E-state index contributed by atoms with van der Waals surface area (Å²) < 4.78 is 2.17. The van der Waals surface area contributed by atoms with Gasteiger partial charge in [0, 0.05) is 24.3 Å². The van der Waals surface area contributed by atoms with Gasteiger partial charge in [0.05, 0.1) is 0 Å². The van der Waals surface area contributed by atoms with Crippen LogP contribution in [0.3, 0.4) is 0 Å². The van der Waals surface area contributed by atoms with Crippen LogP contribution in [0.25, 0.3) is 11.0 Å². The van der Waals surface area contributed by atoms with Crippen LogP contribution in [-0.4, -0.2) is 14.5 Å². The molecule has 0 saturated heterocycles. The Hall–Kier alpha value is -1.38. The van der Waals surface area contributed by atoms with Crippen LogP contribution < -0.4 is 0 Å². The van der Waals surface area contributed by atoms with Crippen molar-refractivity contribution in [1.29, 1.82) is 0 Å². The van der Waals surface area contributed by atoms with Crippen LogP contribution in [0.15, 0.2) is 24.8 Å². The van der Waals surface area contributed by atoms with Gasteiger partial charge in [-0.2, -0.15) is 0 Å². The second-order valence-corrected chi connectivity index (χ2v) is 3.66. The summed E-state index contributed by atoms with van der Waals surface area (Å²) in [5, 5.41) is 1.11. The molecule has 2 aromatic rings. The van der Waals surface area contributed by atoms with Crippen LogP contribution in [0.1, 0.15) is 13.8 Å². The molecule has 0 radical (unpaired) electrons. The third-order valence-electron chi connectivity index (χ3n) is 1.99. The van der Waals surface area contributed by atoms with Crippen molar-refractivity contribution in [3.63, 3.8) is 0 Å². The minimum Gasteiger partial charge on any atom is -0.332 e. The first kappa shape index (κ1) is 8.23. The molecule has 2 aromatic heterocycles. The third kappa shape index (κ3) is 1.54. The minimum atomic E-state index is 0.644. The normalized spacial score (nSPS) is 11.3. The van der Waals surface area contributed by atoms with Crippen molar-refractivity contribution in [2.75, 3.05) is 0 Å². The van der Waals surface area contributed by atoms with Crippen LogP contribution in [0.5, 0.6) is 0 Å². The first-order valence-electron chi connectivity index (χ1n) is 4.52. The van der Waals surface area contributed by atoms with Gasteiger partial charge in [-0.25, -0.2) is 9.97 Å². The summed E-state index contributed by atoms with van der Waals surface area (Å²) in [6.07, 6.45) is 5.51. The number of rotatable bonds is 2. The maximum atomic E-state index is 4.25. The minimum absolute atomic E-state index is 0.644. The fourth-order valence-corrected chi connectivity index (χ4v) is 1.47. The van der Waals surface area contributed by atoms with E-state index in [1.165, 1.54) is 0 Å². The first-order valence-corrected chi connectivity index (χ1v) is 4.52. The van der Waals surface area contributed by atoms with Gasteiger partial charge in [0.1, 0.15) is 12.0 Å². The van der Waals surface area contributed by atoms with Crippen LogP contribution in [0.4, 0.5) is 0 Å².